The first-order valence-electron chi connectivity index (χ1n) is 9.49. The first-order chi connectivity index (χ1) is 14.0. The van der Waals surface area contributed by atoms with E-state index in [1.54, 1.807) is 30.1 Å². The molecule has 1 aliphatic heterocycles. The molecule has 7 heteroatoms. The summed E-state index contributed by atoms with van der Waals surface area (Å²) >= 11 is 0. The van der Waals surface area contributed by atoms with Crippen LogP contribution in [0.2, 0.25) is 0 Å². The highest BCUT2D eigenvalue weighted by Gasteiger charge is 2.23. The van der Waals surface area contributed by atoms with Crippen molar-refractivity contribution in [2.24, 2.45) is 0 Å². The summed E-state index contributed by atoms with van der Waals surface area (Å²) in [5, 5.41) is 7.43. The molecule has 2 heterocycles. The maximum absolute atomic E-state index is 13.5. The Bertz CT molecular complexity index is 1050. The number of nitrogens with one attached hydrogen (secondary N) is 1. The number of aryl methyl sites for hydroxylation is 1. The van der Waals surface area contributed by atoms with Crippen LogP contribution in [0, 0.1) is 12.7 Å². The Morgan fingerprint density at radius 2 is 2.14 bits per heavy atom. The number of halogens is 1. The van der Waals surface area contributed by atoms with E-state index in [-0.39, 0.29) is 17.8 Å². The molecule has 0 fully saturated rings. The largest absolute Gasteiger partial charge is 0.494 e. The van der Waals surface area contributed by atoms with Gasteiger partial charge in [-0.15, -0.1) is 0 Å². The van der Waals surface area contributed by atoms with Gasteiger partial charge in [0.2, 0.25) is 0 Å². The number of fused-ring (bicyclic) bond motifs is 1. The van der Waals surface area contributed by atoms with Crippen molar-refractivity contribution >= 4 is 5.91 Å². The fraction of sp³-hybridized carbons (Fsp3) is 0.273. The minimum absolute atomic E-state index is 0.265. The third kappa shape index (κ3) is 3.94. The third-order valence-corrected chi connectivity index (χ3v) is 4.95. The first kappa shape index (κ1) is 19.0. The van der Waals surface area contributed by atoms with E-state index in [4.69, 9.17) is 9.47 Å². The molecule has 0 radical (unpaired) electrons. The van der Waals surface area contributed by atoms with E-state index < -0.39 is 0 Å². The van der Waals surface area contributed by atoms with Crippen molar-refractivity contribution in [3.05, 3.63) is 71.3 Å². The lowest BCUT2D eigenvalue weighted by atomic mass is 10.0. The zero-order valence-corrected chi connectivity index (χ0v) is 16.3. The molecule has 0 aliphatic carbocycles. The second-order valence-corrected chi connectivity index (χ2v) is 7.02. The van der Waals surface area contributed by atoms with Gasteiger partial charge < -0.3 is 14.8 Å². The monoisotopic (exact) mass is 395 g/mol. The van der Waals surface area contributed by atoms with E-state index in [9.17, 15) is 9.18 Å². The highest BCUT2D eigenvalue weighted by molar-refractivity contribution is 5.92. The smallest absolute Gasteiger partial charge is 0.272 e. The topological polar surface area (TPSA) is 65.4 Å². The maximum atomic E-state index is 13.5. The molecule has 1 N–H and O–H groups in total. The molecule has 0 bridgehead atoms. The van der Waals surface area contributed by atoms with Gasteiger partial charge in [0.1, 0.15) is 23.0 Å². The number of rotatable bonds is 4. The third-order valence-electron chi connectivity index (χ3n) is 4.95. The van der Waals surface area contributed by atoms with Crippen molar-refractivity contribution in [1.82, 2.24) is 15.1 Å². The molecule has 0 saturated heterocycles. The lowest BCUT2D eigenvalue weighted by Crippen LogP contribution is -2.28. The van der Waals surface area contributed by atoms with Gasteiger partial charge in [0, 0.05) is 17.8 Å². The molecular formula is C22H22FN3O3. The van der Waals surface area contributed by atoms with Gasteiger partial charge in [-0.2, -0.15) is 5.10 Å². The highest BCUT2D eigenvalue weighted by Crippen LogP contribution is 2.32. The summed E-state index contributed by atoms with van der Waals surface area (Å²) in [6, 6.07) is 11.6. The van der Waals surface area contributed by atoms with E-state index in [0.29, 0.717) is 30.2 Å². The number of ether oxygens (including phenoxy) is 2. The number of carbonyl (C=O) groups is 1. The molecule has 0 saturated carbocycles. The van der Waals surface area contributed by atoms with Crippen LogP contribution in [0.4, 0.5) is 4.39 Å². The quantitative estimate of drug-likeness (QED) is 0.726. The van der Waals surface area contributed by atoms with Crippen LogP contribution in [0.1, 0.15) is 40.5 Å². The first-order valence-corrected chi connectivity index (χ1v) is 9.49. The normalized spacial score (nSPS) is 15.8. The van der Waals surface area contributed by atoms with Gasteiger partial charge in [0.15, 0.2) is 5.69 Å². The predicted molar refractivity (Wildman–Crippen MR) is 106 cm³/mol. The fourth-order valence-electron chi connectivity index (χ4n) is 3.49. The molecule has 0 spiro atoms. The van der Waals surface area contributed by atoms with E-state index in [2.05, 4.69) is 10.4 Å². The Hall–Kier alpha value is -3.35. The average molecular weight is 395 g/mol. The van der Waals surface area contributed by atoms with E-state index in [0.717, 1.165) is 23.2 Å². The van der Waals surface area contributed by atoms with Gasteiger partial charge in [0.05, 0.1) is 19.8 Å². The van der Waals surface area contributed by atoms with Crippen molar-refractivity contribution in [3.63, 3.8) is 0 Å². The summed E-state index contributed by atoms with van der Waals surface area (Å²) in [4.78, 5) is 12.8. The number of amides is 1. The van der Waals surface area contributed by atoms with Crippen molar-refractivity contribution in [1.29, 1.82) is 0 Å². The molecule has 29 heavy (non-hydrogen) atoms. The molecule has 1 aliphatic rings. The second-order valence-electron chi connectivity index (χ2n) is 7.02. The molecular weight excluding hydrogens is 373 g/mol. The molecule has 4 rings (SSSR count). The van der Waals surface area contributed by atoms with Gasteiger partial charge in [-0.1, -0.05) is 12.1 Å². The predicted octanol–water partition coefficient (Wildman–Crippen LogP) is 3.97. The number of benzene rings is 2. The molecule has 150 valence electrons. The number of carbonyl (C=O) groups excluding carboxylic acids is 1. The van der Waals surface area contributed by atoms with Crippen LogP contribution in [-0.2, 0) is 0 Å². The summed E-state index contributed by atoms with van der Waals surface area (Å²) in [6.07, 6.45) is 3.19. The van der Waals surface area contributed by atoms with Crippen molar-refractivity contribution in [2.45, 2.75) is 25.8 Å². The molecule has 6 nitrogen and oxygen atoms in total. The van der Waals surface area contributed by atoms with Crippen LogP contribution in [0.15, 0.2) is 48.7 Å². The molecule has 1 atom stereocenters. The number of methoxy groups -OCH3 is 1. The summed E-state index contributed by atoms with van der Waals surface area (Å²) in [5.74, 6) is 0.490. The Morgan fingerprint density at radius 1 is 1.28 bits per heavy atom. The van der Waals surface area contributed by atoms with Gasteiger partial charge in [-0.3, -0.25) is 4.79 Å². The zero-order valence-electron chi connectivity index (χ0n) is 16.3. The van der Waals surface area contributed by atoms with Crippen LogP contribution in [0.25, 0.3) is 5.69 Å². The van der Waals surface area contributed by atoms with Gasteiger partial charge >= 0.3 is 0 Å². The molecule has 1 amide bonds. The Balaban J connectivity index is 1.57. The lowest BCUT2D eigenvalue weighted by Gasteiger charge is -2.17. The average Bonchev–Trinajstić information content (AvgIpc) is 3.12. The summed E-state index contributed by atoms with van der Waals surface area (Å²) in [7, 11) is 1.60. The van der Waals surface area contributed by atoms with Gasteiger partial charge in [-0.25, -0.2) is 9.07 Å². The van der Waals surface area contributed by atoms with E-state index in [1.165, 1.54) is 12.1 Å². The minimum Gasteiger partial charge on any atom is -0.494 e. The number of hydrogen-bond donors (Lipinski definition) is 1. The molecule has 3 aromatic rings. The standard InChI is InChI=1S/C22H22FN3O3/c1-14-5-8-20(28-2)19(12-14)26-10-9-18(25-26)22(27)24-17-4-3-11-29-21-13-15(23)6-7-16(17)21/h5-10,12-13,17H,3-4,11H2,1-2H3,(H,24,27). The van der Waals surface area contributed by atoms with Gasteiger partial charge in [0.25, 0.3) is 5.91 Å². The lowest BCUT2D eigenvalue weighted by molar-refractivity contribution is 0.0929. The van der Waals surface area contributed by atoms with Crippen molar-refractivity contribution < 1.29 is 18.7 Å². The minimum atomic E-state index is -0.360. The van der Waals surface area contributed by atoms with Gasteiger partial charge in [-0.05, 0) is 49.6 Å². The van der Waals surface area contributed by atoms with Crippen LogP contribution >= 0.6 is 0 Å². The van der Waals surface area contributed by atoms with Crippen LogP contribution < -0.4 is 14.8 Å². The zero-order chi connectivity index (χ0) is 20.4. The fourth-order valence-corrected chi connectivity index (χ4v) is 3.49. The summed E-state index contributed by atoms with van der Waals surface area (Å²) < 4.78 is 26.2. The highest BCUT2D eigenvalue weighted by atomic mass is 19.1. The van der Waals surface area contributed by atoms with Crippen LogP contribution in [-0.4, -0.2) is 29.4 Å². The molecule has 1 aromatic heterocycles. The Labute approximate surface area is 168 Å². The maximum Gasteiger partial charge on any atom is 0.272 e. The summed E-state index contributed by atoms with van der Waals surface area (Å²) in [6.45, 7) is 2.47. The Morgan fingerprint density at radius 3 is 2.97 bits per heavy atom. The molecule has 1 unspecified atom stereocenters. The number of hydrogen-bond acceptors (Lipinski definition) is 4. The van der Waals surface area contributed by atoms with E-state index in [1.807, 2.05) is 25.1 Å². The number of nitrogens with zero attached hydrogens (tertiary/aromatic N) is 2. The Kier molecular flexibility index (Phi) is 5.20. The van der Waals surface area contributed by atoms with Crippen molar-refractivity contribution in [3.8, 4) is 17.2 Å². The van der Waals surface area contributed by atoms with E-state index >= 15 is 0 Å². The second kappa shape index (κ2) is 7.95. The van der Waals surface area contributed by atoms with Crippen LogP contribution in [0.5, 0.6) is 11.5 Å². The molecule has 2 aromatic carbocycles. The SMILES string of the molecule is COc1ccc(C)cc1-n1ccc(C(=O)NC2CCCOc3cc(F)ccc32)n1. The van der Waals surface area contributed by atoms with Crippen LogP contribution in [0.3, 0.4) is 0 Å². The summed E-state index contributed by atoms with van der Waals surface area (Å²) in [5.41, 5.74) is 2.89. The number of aromatic nitrogens is 2. The van der Waals surface area contributed by atoms with Crippen molar-refractivity contribution in [2.75, 3.05) is 13.7 Å².